The molecule has 3 aromatic heterocycles. The summed E-state index contributed by atoms with van der Waals surface area (Å²) in [4.78, 5) is 10.4. The first-order chi connectivity index (χ1) is 14.8. The molecule has 30 heavy (non-hydrogen) atoms. The Balaban J connectivity index is 1.31. The van der Waals surface area contributed by atoms with Gasteiger partial charge >= 0.3 is 0 Å². The molecule has 154 valence electrons. The summed E-state index contributed by atoms with van der Waals surface area (Å²) in [6, 6.07) is 12.5. The van der Waals surface area contributed by atoms with Gasteiger partial charge in [-0.05, 0) is 55.8 Å². The van der Waals surface area contributed by atoms with Crippen LogP contribution in [-0.2, 0) is 7.05 Å². The van der Waals surface area contributed by atoms with Crippen LogP contribution in [0.15, 0.2) is 55.0 Å². The van der Waals surface area contributed by atoms with Gasteiger partial charge in [-0.2, -0.15) is 5.10 Å². The Bertz CT molecular complexity index is 1120. The highest BCUT2D eigenvalue weighted by molar-refractivity contribution is 5.95. The number of benzene rings is 1. The maximum Gasteiger partial charge on any atom is 0.137 e. The minimum atomic E-state index is 0.740. The number of likely N-dealkylation sites (tertiary alicyclic amines) is 1. The van der Waals surface area contributed by atoms with Crippen molar-refractivity contribution in [1.29, 1.82) is 0 Å². The van der Waals surface area contributed by atoms with Crippen LogP contribution in [-0.4, -0.2) is 50.9 Å². The van der Waals surface area contributed by atoms with Gasteiger partial charge in [0, 0.05) is 48.7 Å². The molecule has 1 saturated heterocycles. The van der Waals surface area contributed by atoms with E-state index in [0.29, 0.717) is 0 Å². The van der Waals surface area contributed by atoms with Gasteiger partial charge in [0.2, 0.25) is 0 Å². The van der Waals surface area contributed by atoms with Crippen LogP contribution >= 0.6 is 0 Å². The number of nitrogens with one attached hydrogen (secondary N) is 1. The van der Waals surface area contributed by atoms with Crippen molar-refractivity contribution in [1.82, 2.24) is 24.6 Å². The van der Waals surface area contributed by atoms with E-state index in [9.17, 15) is 0 Å². The Morgan fingerprint density at radius 1 is 1.03 bits per heavy atom. The van der Waals surface area contributed by atoms with Crippen molar-refractivity contribution in [2.24, 2.45) is 7.05 Å². The zero-order chi connectivity index (χ0) is 20.3. The molecular weight excluding hydrogens is 374 g/mol. The van der Waals surface area contributed by atoms with Crippen LogP contribution in [0, 0.1) is 0 Å². The average Bonchev–Trinajstić information content (AvgIpc) is 3.40. The van der Waals surface area contributed by atoms with Crippen molar-refractivity contribution in [2.75, 3.05) is 26.2 Å². The summed E-state index contributed by atoms with van der Waals surface area (Å²) in [5.74, 6) is 0.919. The van der Waals surface area contributed by atoms with Gasteiger partial charge in [-0.15, -0.1) is 0 Å². The fourth-order valence-corrected chi connectivity index (χ4v) is 4.23. The minimum absolute atomic E-state index is 0.740. The van der Waals surface area contributed by atoms with Gasteiger partial charge in [0.15, 0.2) is 0 Å². The Labute approximate surface area is 176 Å². The van der Waals surface area contributed by atoms with E-state index in [1.165, 1.54) is 32.4 Å². The molecule has 6 heteroatoms. The van der Waals surface area contributed by atoms with E-state index >= 15 is 0 Å². The number of rotatable bonds is 6. The molecular formula is C24H27N5O. The number of aromatic amines is 1. The molecule has 0 radical (unpaired) electrons. The molecule has 0 amide bonds. The topological polar surface area (TPSA) is 59.0 Å². The summed E-state index contributed by atoms with van der Waals surface area (Å²) in [7, 11) is 1.95. The number of fused-ring (bicyclic) bond motifs is 1. The van der Waals surface area contributed by atoms with Crippen molar-refractivity contribution in [3.8, 4) is 28.1 Å². The second-order valence-corrected chi connectivity index (χ2v) is 7.94. The summed E-state index contributed by atoms with van der Waals surface area (Å²) in [6.07, 6.45) is 9.73. The van der Waals surface area contributed by atoms with E-state index in [-0.39, 0.29) is 0 Å². The number of hydrogen-bond donors (Lipinski definition) is 1. The standard InChI is InChI=1S/C24H27N5O/c1-28-23(9-10-27-28)22-17-26-24-21(22)15-19(16-25-24)18-5-7-20(8-6-18)30-14-13-29-11-3-2-4-12-29/h5-10,15-17H,2-4,11-14H2,1H3,(H,25,26). The number of ether oxygens (including phenoxy) is 1. The highest BCUT2D eigenvalue weighted by Crippen LogP contribution is 2.31. The van der Waals surface area contributed by atoms with Gasteiger partial charge in [-0.1, -0.05) is 18.6 Å². The molecule has 5 rings (SSSR count). The maximum atomic E-state index is 5.97. The number of piperidine rings is 1. The molecule has 1 aromatic carbocycles. The SMILES string of the molecule is Cn1nccc1-c1c[nH]c2ncc(-c3ccc(OCCN4CCCCC4)cc3)cc12. The first-order valence-corrected chi connectivity index (χ1v) is 10.7. The Kier molecular flexibility index (Phi) is 5.24. The fraction of sp³-hybridized carbons (Fsp3) is 0.333. The maximum absolute atomic E-state index is 5.97. The van der Waals surface area contributed by atoms with Crippen molar-refractivity contribution >= 4 is 11.0 Å². The molecule has 4 heterocycles. The lowest BCUT2D eigenvalue weighted by Gasteiger charge is -2.26. The van der Waals surface area contributed by atoms with E-state index in [0.717, 1.165) is 52.3 Å². The molecule has 0 bridgehead atoms. The van der Waals surface area contributed by atoms with Crippen molar-refractivity contribution < 1.29 is 4.74 Å². The minimum Gasteiger partial charge on any atom is -0.492 e. The molecule has 0 atom stereocenters. The predicted octanol–water partition coefficient (Wildman–Crippen LogP) is 4.50. The third-order valence-electron chi connectivity index (χ3n) is 5.94. The summed E-state index contributed by atoms with van der Waals surface area (Å²) in [5.41, 5.74) is 5.28. The highest BCUT2D eigenvalue weighted by Gasteiger charge is 2.12. The second-order valence-electron chi connectivity index (χ2n) is 7.94. The molecule has 0 spiro atoms. The summed E-state index contributed by atoms with van der Waals surface area (Å²) in [5, 5.41) is 5.38. The van der Waals surface area contributed by atoms with Gasteiger partial charge in [0.1, 0.15) is 18.0 Å². The lowest BCUT2D eigenvalue weighted by molar-refractivity contribution is 0.183. The van der Waals surface area contributed by atoms with Gasteiger partial charge in [0.05, 0.1) is 5.69 Å². The van der Waals surface area contributed by atoms with E-state index in [4.69, 9.17) is 4.74 Å². The Morgan fingerprint density at radius 2 is 1.87 bits per heavy atom. The van der Waals surface area contributed by atoms with E-state index in [1.807, 2.05) is 36.4 Å². The lowest BCUT2D eigenvalue weighted by atomic mass is 10.0. The van der Waals surface area contributed by atoms with Gasteiger partial charge < -0.3 is 9.72 Å². The molecule has 4 aromatic rings. The number of pyridine rings is 1. The zero-order valence-electron chi connectivity index (χ0n) is 17.3. The number of aromatic nitrogens is 4. The van der Waals surface area contributed by atoms with Crippen molar-refractivity contribution in [2.45, 2.75) is 19.3 Å². The van der Waals surface area contributed by atoms with E-state index < -0.39 is 0 Å². The monoisotopic (exact) mass is 401 g/mol. The normalized spacial score (nSPS) is 15.0. The molecule has 6 nitrogen and oxygen atoms in total. The van der Waals surface area contributed by atoms with Gasteiger partial charge in [-0.25, -0.2) is 4.98 Å². The molecule has 1 fully saturated rings. The molecule has 1 aliphatic rings. The molecule has 1 N–H and O–H groups in total. The first kappa shape index (κ1) is 18.9. The second kappa shape index (κ2) is 8.32. The highest BCUT2D eigenvalue weighted by atomic mass is 16.5. The number of H-pyrrole nitrogens is 1. The van der Waals surface area contributed by atoms with Crippen LogP contribution in [0.4, 0.5) is 0 Å². The largest absolute Gasteiger partial charge is 0.492 e. The molecule has 0 unspecified atom stereocenters. The van der Waals surface area contributed by atoms with E-state index in [1.54, 1.807) is 0 Å². The fourth-order valence-electron chi connectivity index (χ4n) is 4.23. The van der Waals surface area contributed by atoms with Crippen LogP contribution in [0.2, 0.25) is 0 Å². The summed E-state index contributed by atoms with van der Waals surface area (Å²) in [6.45, 7) is 4.16. The number of aryl methyl sites for hydroxylation is 1. The quantitative estimate of drug-likeness (QED) is 0.517. The average molecular weight is 402 g/mol. The van der Waals surface area contributed by atoms with Crippen molar-refractivity contribution in [3.05, 3.63) is 55.0 Å². The van der Waals surface area contributed by atoms with Crippen LogP contribution in [0.3, 0.4) is 0 Å². The third kappa shape index (κ3) is 3.83. The predicted molar refractivity (Wildman–Crippen MR) is 120 cm³/mol. The first-order valence-electron chi connectivity index (χ1n) is 10.7. The van der Waals surface area contributed by atoms with Crippen LogP contribution < -0.4 is 4.74 Å². The smallest absolute Gasteiger partial charge is 0.137 e. The van der Waals surface area contributed by atoms with E-state index in [2.05, 4.69) is 50.3 Å². The number of nitrogens with zero attached hydrogens (tertiary/aromatic N) is 4. The van der Waals surface area contributed by atoms with Gasteiger partial charge in [0.25, 0.3) is 0 Å². The Morgan fingerprint density at radius 3 is 2.63 bits per heavy atom. The summed E-state index contributed by atoms with van der Waals surface area (Å²) < 4.78 is 7.85. The summed E-state index contributed by atoms with van der Waals surface area (Å²) >= 11 is 0. The van der Waals surface area contributed by atoms with Gasteiger partial charge in [-0.3, -0.25) is 9.58 Å². The number of hydrogen-bond acceptors (Lipinski definition) is 4. The van der Waals surface area contributed by atoms with Crippen molar-refractivity contribution in [3.63, 3.8) is 0 Å². The molecule has 0 aliphatic carbocycles. The van der Waals surface area contributed by atoms with Crippen LogP contribution in [0.5, 0.6) is 5.75 Å². The zero-order valence-corrected chi connectivity index (χ0v) is 17.3. The van der Waals surface area contributed by atoms with Crippen LogP contribution in [0.25, 0.3) is 33.4 Å². The molecule has 0 saturated carbocycles. The Hall–Kier alpha value is -3.12. The van der Waals surface area contributed by atoms with Crippen LogP contribution in [0.1, 0.15) is 19.3 Å². The molecule has 1 aliphatic heterocycles. The lowest BCUT2D eigenvalue weighted by Crippen LogP contribution is -2.33. The third-order valence-corrected chi connectivity index (χ3v) is 5.94.